The van der Waals surface area contributed by atoms with Crippen LogP contribution < -0.4 is 5.32 Å². The van der Waals surface area contributed by atoms with Gasteiger partial charge in [-0.2, -0.15) is 0 Å². The molecule has 1 amide bonds. The predicted octanol–water partition coefficient (Wildman–Crippen LogP) is 5.88. The number of benzene rings is 2. The lowest BCUT2D eigenvalue weighted by molar-refractivity contribution is 0.0946. The van der Waals surface area contributed by atoms with E-state index in [9.17, 15) is 4.79 Å². The standard InChI is InChI=1S/C22H17Cl2N5OS2/c23-13-4-3-5-15(10-13)29-20(16-6-1-2-7-17(16)24)27-28-22(29)32-12-19-26-18(11-31-19)21(30)25-14-8-9-14/h1-7,10-11,14H,8-9,12H2,(H,25,30). The summed E-state index contributed by atoms with van der Waals surface area (Å²) in [6.45, 7) is 0. The zero-order chi connectivity index (χ0) is 22.1. The summed E-state index contributed by atoms with van der Waals surface area (Å²) in [5.74, 6) is 1.08. The Balaban J connectivity index is 1.43. The molecule has 32 heavy (non-hydrogen) atoms. The van der Waals surface area contributed by atoms with E-state index in [2.05, 4.69) is 20.5 Å². The third-order valence-electron chi connectivity index (χ3n) is 4.84. The van der Waals surface area contributed by atoms with E-state index in [1.54, 1.807) is 5.38 Å². The average Bonchev–Trinajstić information content (AvgIpc) is 3.31. The molecular weight excluding hydrogens is 485 g/mol. The Kier molecular flexibility index (Phi) is 6.19. The molecule has 0 bridgehead atoms. The topological polar surface area (TPSA) is 72.7 Å². The lowest BCUT2D eigenvalue weighted by atomic mass is 10.2. The number of carbonyl (C=O) groups is 1. The number of aromatic nitrogens is 4. The van der Waals surface area contributed by atoms with Crippen molar-refractivity contribution in [3.05, 3.63) is 74.7 Å². The molecule has 6 nitrogen and oxygen atoms in total. The Morgan fingerprint density at radius 1 is 1.16 bits per heavy atom. The maximum atomic E-state index is 12.2. The minimum absolute atomic E-state index is 0.108. The summed E-state index contributed by atoms with van der Waals surface area (Å²) in [7, 11) is 0. The quantitative estimate of drug-likeness (QED) is 0.320. The first-order valence-electron chi connectivity index (χ1n) is 9.93. The zero-order valence-electron chi connectivity index (χ0n) is 16.7. The first kappa shape index (κ1) is 21.5. The van der Waals surface area contributed by atoms with Gasteiger partial charge in [0.25, 0.3) is 5.91 Å². The van der Waals surface area contributed by atoms with E-state index in [1.807, 2.05) is 53.1 Å². The smallest absolute Gasteiger partial charge is 0.270 e. The molecule has 0 spiro atoms. The van der Waals surface area contributed by atoms with Gasteiger partial charge in [-0.15, -0.1) is 21.5 Å². The Hall–Kier alpha value is -2.39. The fourth-order valence-electron chi connectivity index (χ4n) is 3.12. The number of carbonyl (C=O) groups excluding carboxylic acids is 1. The third kappa shape index (κ3) is 4.68. The summed E-state index contributed by atoms with van der Waals surface area (Å²) in [6, 6.07) is 15.3. The van der Waals surface area contributed by atoms with Gasteiger partial charge in [-0.1, -0.05) is 53.2 Å². The molecule has 1 aliphatic rings. The molecule has 0 unspecified atom stereocenters. The van der Waals surface area contributed by atoms with Gasteiger partial charge in [-0.25, -0.2) is 4.98 Å². The van der Waals surface area contributed by atoms with Crippen LogP contribution in [0.3, 0.4) is 0 Å². The molecule has 5 rings (SSSR count). The van der Waals surface area contributed by atoms with Crippen molar-refractivity contribution in [3.63, 3.8) is 0 Å². The van der Waals surface area contributed by atoms with Gasteiger partial charge in [0.2, 0.25) is 0 Å². The van der Waals surface area contributed by atoms with E-state index in [0.29, 0.717) is 38.5 Å². The Labute approximate surface area is 203 Å². The molecule has 10 heteroatoms. The number of thioether (sulfide) groups is 1. The first-order valence-corrected chi connectivity index (χ1v) is 12.5. The molecule has 1 N–H and O–H groups in total. The number of rotatable bonds is 7. The molecule has 2 aromatic carbocycles. The number of nitrogens with one attached hydrogen (secondary N) is 1. The van der Waals surface area contributed by atoms with Crippen LogP contribution in [0.15, 0.2) is 59.1 Å². The van der Waals surface area contributed by atoms with Crippen LogP contribution in [0.5, 0.6) is 0 Å². The van der Waals surface area contributed by atoms with Crippen molar-refractivity contribution in [2.75, 3.05) is 0 Å². The van der Waals surface area contributed by atoms with Gasteiger partial charge in [0.05, 0.1) is 16.5 Å². The molecule has 0 aliphatic heterocycles. The van der Waals surface area contributed by atoms with Gasteiger partial charge >= 0.3 is 0 Å². The maximum Gasteiger partial charge on any atom is 0.270 e. The summed E-state index contributed by atoms with van der Waals surface area (Å²) >= 11 is 15.7. The summed E-state index contributed by atoms with van der Waals surface area (Å²) in [6.07, 6.45) is 2.09. The highest BCUT2D eigenvalue weighted by molar-refractivity contribution is 7.98. The SMILES string of the molecule is O=C(NC1CC1)c1csc(CSc2nnc(-c3ccccc3Cl)n2-c2cccc(Cl)c2)n1. The molecule has 1 fully saturated rings. The normalized spacial score (nSPS) is 13.3. The molecule has 0 radical (unpaired) electrons. The van der Waals surface area contributed by atoms with Crippen LogP contribution in [0, 0.1) is 0 Å². The van der Waals surface area contributed by atoms with Crippen molar-refractivity contribution in [3.8, 4) is 17.1 Å². The summed E-state index contributed by atoms with van der Waals surface area (Å²) in [5, 5.41) is 16.3. The van der Waals surface area contributed by atoms with Crippen molar-refractivity contribution in [2.24, 2.45) is 0 Å². The first-order chi connectivity index (χ1) is 15.6. The fourth-order valence-corrected chi connectivity index (χ4v) is 5.27. The van der Waals surface area contributed by atoms with Crippen molar-refractivity contribution in [2.45, 2.75) is 29.8 Å². The van der Waals surface area contributed by atoms with Gasteiger partial charge in [-0.05, 0) is 43.2 Å². The minimum Gasteiger partial charge on any atom is -0.348 e. The van der Waals surface area contributed by atoms with E-state index in [0.717, 1.165) is 29.1 Å². The largest absolute Gasteiger partial charge is 0.348 e. The zero-order valence-corrected chi connectivity index (χ0v) is 19.8. The Morgan fingerprint density at radius 2 is 2.00 bits per heavy atom. The number of halogens is 2. The Bertz CT molecular complexity index is 1280. The molecule has 2 aromatic heterocycles. The molecule has 0 saturated heterocycles. The molecule has 1 saturated carbocycles. The van der Waals surface area contributed by atoms with Crippen LogP contribution >= 0.6 is 46.3 Å². The molecule has 2 heterocycles. The van der Waals surface area contributed by atoms with Gasteiger partial charge in [-0.3, -0.25) is 9.36 Å². The second-order valence-corrected chi connectivity index (χ2v) is 9.99. The maximum absolute atomic E-state index is 12.2. The molecule has 1 aliphatic carbocycles. The highest BCUT2D eigenvalue weighted by Crippen LogP contribution is 2.34. The van der Waals surface area contributed by atoms with E-state index >= 15 is 0 Å². The number of hydrogen-bond acceptors (Lipinski definition) is 6. The molecule has 0 atom stereocenters. The number of amides is 1. The lowest BCUT2D eigenvalue weighted by Gasteiger charge is -2.11. The van der Waals surface area contributed by atoms with Crippen LogP contribution in [0.25, 0.3) is 17.1 Å². The molecular formula is C22H17Cl2N5OS2. The van der Waals surface area contributed by atoms with E-state index in [1.165, 1.54) is 23.1 Å². The average molecular weight is 502 g/mol. The number of thiazole rings is 1. The second-order valence-electron chi connectivity index (χ2n) is 7.26. The lowest BCUT2D eigenvalue weighted by Crippen LogP contribution is -2.25. The van der Waals surface area contributed by atoms with E-state index < -0.39 is 0 Å². The van der Waals surface area contributed by atoms with E-state index in [4.69, 9.17) is 23.2 Å². The third-order valence-corrected chi connectivity index (χ3v) is 7.37. The highest BCUT2D eigenvalue weighted by Gasteiger charge is 2.25. The van der Waals surface area contributed by atoms with Crippen molar-refractivity contribution >= 4 is 52.2 Å². The van der Waals surface area contributed by atoms with Crippen LogP contribution in [0.4, 0.5) is 0 Å². The van der Waals surface area contributed by atoms with Crippen LogP contribution in [-0.2, 0) is 5.75 Å². The minimum atomic E-state index is -0.108. The van der Waals surface area contributed by atoms with Crippen molar-refractivity contribution in [1.82, 2.24) is 25.1 Å². The second kappa shape index (κ2) is 9.23. The fraction of sp³-hybridized carbons (Fsp3) is 0.182. The summed E-state index contributed by atoms with van der Waals surface area (Å²) in [5.41, 5.74) is 2.08. The monoisotopic (exact) mass is 501 g/mol. The Morgan fingerprint density at radius 3 is 2.78 bits per heavy atom. The molecule has 162 valence electrons. The van der Waals surface area contributed by atoms with Gasteiger partial charge in [0, 0.05) is 22.0 Å². The number of hydrogen-bond donors (Lipinski definition) is 1. The van der Waals surface area contributed by atoms with Gasteiger partial charge in [0.1, 0.15) is 10.7 Å². The van der Waals surface area contributed by atoms with E-state index in [-0.39, 0.29) is 5.91 Å². The van der Waals surface area contributed by atoms with Crippen LogP contribution in [-0.4, -0.2) is 31.7 Å². The summed E-state index contributed by atoms with van der Waals surface area (Å²) in [4.78, 5) is 16.7. The van der Waals surface area contributed by atoms with Gasteiger partial charge in [0.15, 0.2) is 11.0 Å². The summed E-state index contributed by atoms with van der Waals surface area (Å²) < 4.78 is 1.94. The van der Waals surface area contributed by atoms with Crippen LogP contribution in [0.1, 0.15) is 28.3 Å². The predicted molar refractivity (Wildman–Crippen MR) is 129 cm³/mol. The van der Waals surface area contributed by atoms with Gasteiger partial charge < -0.3 is 5.32 Å². The highest BCUT2D eigenvalue weighted by atomic mass is 35.5. The van der Waals surface area contributed by atoms with Crippen molar-refractivity contribution < 1.29 is 4.79 Å². The number of nitrogens with zero attached hydrogens (tertiary/aromatic N) is 4. The van der Waals surface area contributed by atoms with Crippen LogP contribution in [0.2, 0.25) is 10.0 Å². The van der Waals surface area contributed by atoms with Crippen molar-refractivity contribution in [1.29, 1.82) is 0 Å². The molecule has 4 aromatic rings.